The number of nitrogens with two attached hydrogens (primary N) is 1. The Morgan fingerprint density at radius 3 is 2.58 bits per heavy atom. The Hall–Kier alpha value is -1.39. The number of rotatable bonds is 2. The highest BCUT2D eigenvalue weighted by molar-refractivity contribution is 5.90. The molecule has 1 amide bonds. The van der Waals surface area contributed by atoms with Gasteiger partial charge in [-0.25, -0.2) is 4.39 Å². The number of carbonyl (C=O) groups is 1. The van der Waals surface area contributed by atoms with Gasteiger partial charge in [-0.15, -0.1) is 0 Å². The molecule has 0 aliphatic carbocycles. The van der Waals surface area contributed by atoms with Crippen LogP contribution in [0.25, 0.3) is 0 Å². The lowest BCUT2D eigenvalue weighted by atomic mass is 10.1. The van der Waals surface area contributed by atoms with E-state index in [-0.39, 0.29) is 11.5 Å². The molecule has 0 aliphatic rings. The topological polar surface area (TPSA) is 69.1 Å². The molecule has 0 unspecified atom stereocenters. The third-order valence-electron chi connectivity index (χ3n) is 1.35. The lowest BCUT2D eigenvalue weighted by Gasteiger charge is -2.06. The Morgan fingerprint density at radius 1 is 1.75 bits per heavy atom. The van der Waals surface area contributed by atoms with Crippen molar-refractivity contribution in [2.75, 3.05) is 0 Å². The third kappa shape index (κ3) is 1.61. The van der Waals surface area contributed by atoms with E-state index in [1.807, 2.05) is 0 Å². The van der Waals surface area contributed by atoms with Crippen LogP contribution in [0.2, 0.25) is 0 Å². The number of nitrogens with zero attached hydrogens (tertiary/aromatic N) is 1. The van der Waals surface area contributed by atoms with Gasteiger partial charge in [0.05, 0.1) is 0 Å². The smallest absolute Gasteiger partial charge is 0.270 e. The number of hydrogen-bond donors (Lipinski definition) is 1. The van der Waals surface area contributed by atoms with Crippen molar-refractivity contribution in [1.29, 1.82) is 0 Å². The fourth-order valence-corrected chi connectivity index (χ4v) is 0.671. The van der Waals surface area contributed by atoms with E-state index in [2.05, 4.69) is 9.68 Å². The maximum absolute atomic E-state index is 13.1. The molecular formula is C7H9FN2O2. The summed E-state index contributed by atoms with van der Waals surface area (Å²) in [6.07, 6.45) is 0. The zero-order valence-corrected chi connectivity index (χ0v) is 6.80. The Labute approximate surface area is 68.5 Å². The summed E-state index contributed by atoms with van der Waals surface area (Å²) < 4.78 is 17.7. The number of carbonyl (C=O) groups excluding carboxylic acids is 1. The minimum atomic E-state index is -1.64. The SMILES string of the molecule is CC(C)(F)c1cc(C(N)=O)no1. The van der Waals surface area contributed by atoms with Gasteiger partial charge >= 0.3 is 0 Å². The van der Waals surface area contributed by atoms with Gasteiger partial charge in [0.15, 0.2) is 17.1 Å². The minimum Gasteiger partial charge on any atom is -0.364 e. The van der Waals surface area contributed by atoms with Gasteiger partial charge in [0.1, 0.15) is 0 Å². The van der Waals surface area contributed by atoms with E-state index in [0.29, 0.717) is 0 Å². The largest absolute Gasteiger partial charge is 0.364 e. The summed E-state index contributed by atoms with van der Waals surface area (Å²) in [5.74, 6) is -0.731. The zero-order valence-electron chi connectivity index (χ0n) is 6.80. The molecule has 0 aromatic carbocycles. The highest BCUT2D eigenvalue weighted by Gasteiger charge is 2.25. The first kappa shape index (κ1) is 8.70. The molecule has 0 radical (unpaired) electrons. The number of aromatic nitrogens is 1. The van der Waals surface area contributed by atoms with Gasteiger partial charge in [-0.2, -0.15) is 0 Å². The molecule has 2 N–H and O–H groups in total. The molecule has 4 nitrogen and oxygen atoms in total. The van der Waals surface area contributed by atoms with E-state index in [1.54, 1.807) is 0 Å². The van der Waals surface area contributed by atoms with Crippen LogP contribution in [-0.2, 0) is 5.67 Å². The minimum absolute atomic E-state index is 0.00343. The van der Waals surface area contributed by atoms with E-state index in [0.717, 1.165) is 0 Å². The van der Waals surface area contributed by atoms with Crippen molar-refractivity contribution in [2.24, 2.45) is 5.73 Å². The molecular weight excluding hydrogens is 163 g/mol. The van der Waals surface area contributed by atoms with E-state index in [1.165, 1.54) is 19.9 Å². The third-order valence-corrected chi connectivity index (χ3v) is 1.35. The van der Waals surface area contributed by atoms with Gasteiger partial charge in [0.2, 0.25) is 0 Å². The van der Waals surface area contributed by atoms with E-state index in [9.17, 15) is 9.18 Å². The Bertz CT molecular complexity index is 301. The second-order valence-corrected chi connectivity index (χ2v) is 2.91. The summed E-state index contributed by atoms with van der Waals surface area (Å²) in [7, 11) is 0. The van der Waals surface area contributed by atoms with Crippen molar-refractivity contribution in [2.45, 2.75) is 19.5 Å². The van der Waals surface area contributed by atoms with Crippen LogP contribution in [0.5, 0.6) is 0 Å². The second-order valence-electron chi connectivity index (χ2n) is 2.91. The summed E-state index contributed by atoms with van der Waals surface area (Å²) in [5, 5.41) is 3.29. The van der Waals surface area contributed by atoms with Gasteiger partial charge < -0.3 is 10.3 Å². The molecule has 66 valence electrons. The van der Waals surface area contributed by atoms with Crippen LogP contribution in [0.3, 0.4) is 0 Å². The van der Waals surface area contributed by atoms with E-state index in [4.69, 9.17) is 5.73 Å². The molecule has 0 spiro atoms. The van der Waals surface area contributed by atoms with Gasteiger partial charge in [-0.3, -0.25) is 4.79 Å². The van der Waals surface area contributed by atoms with Crippen LogP contribution in [-0.4, -0.2) is 11.1 Å². The molecule has 12 heavy (non-hydrogen) atoms. The molecule has 0 fully saturated rings. The zero-order chi connectivity index (χ0) is 9.35. The predicted molar refractivity (Wildman–Crippen MR) is 39.2 cm³/mol. The van der Waals surface area contributed by atoms with Crippen molar-refractivity contribution < 1.29 is 13.7 Å². The highest BCUT2D eigenvalue weighted by atomic mass is 19.1. The molecule has 0 aliphatic heterocycles. The molecule has 5 heteroatoms. The van der Waals surface area contributed by atoms with Crippen LogP contribution >= 0.6 is 0 Å². The second kappa shape index (κ2) is 2.58. The predicted octanol–water partition coefficient (Wildman–Crippen LogP) is 0.978. The fourth-order valence-electron chi connectivity index (χ4n) is 0.671. The van der Waals surface area contributed by atoms with Crippen molar-refractivity contribution >= 4 is 5.91 Å². The number of primary amides is 1. The fraction of sp³-hybridized carbons (Fsp3) is 0.429. The monoisotopic (exact) mass is 172 g/mol. The van der Waals surface area contributed by atoms with E-state index < -0.39 is 11.6 Å². The van der Waals surface area contributed by atoms with E-state index >= 15 is 0 Å². The highest BCUT2D eigenvalue weighted by Crippen LogP contribution is 2.24. The number of halogens is 1. The van der Waals surface area contributed by atoms with Crippen LogP contribution < -0.4 is 5.73 Å². The molecule has 1 heterocycles. The first-order valence-corrected chi connectivity index (χ1v) is 3.37. The maximum atomic E-state index is 13.1. The van der Waals surface area contributed by atoms with Gasteiger partial charge in [-0.1, -0.05) is 5.16 Å². The van der Waals surface area contributed by atoms with Crippen molar-refractivity contribution in [3.05, 3.63) is 17.5 Å². The number of hydrogen-bond acceptors (Lipinski definition) is 3. The average molecular weight is 172 g/mol. The normalized spacial score (nSPS) is 11.6. The van der Waals surface area contributed by atoms with Crippen LogP contribution in [0.1, 0.15) is 30.1 Å². The van der Waals surface area contributed by atoms with Crippen molar-refractivity contribution in [1.82, 2.24) is 5.16 Å². The van der Waals surface area contributed by atoms with Crippen molar-refractivity contribution in [3.63, 3.8) is 0 Å². The molecule has 0 saturated heterocycles. The molecule has 0 atom stereocenters. The average Bonchev–Trinajstić information content (AvgIpc) is 2.30. The molecule has 1 rings (SSSR count). The Kier molecular flexibility index (Phi) is 1.87. The quantitative estimate of drug-likeness (QED) is 0.722. The lowest BCUT2D eigenvalue weighted by molar-refractivity contribution is 0.0990. The number of amides is 1. The summed E-state index contributed by atoms with van der Waals surface area (Å²) in [4.78, 5) is 10.5. The first-order valence-electron chi connectivity index (χ1n) is 3.37. The standard InChI is InChI=1S/C7H9FN2O2/c1-7(2,8)5-3-4(6(9)11)10-12-5/h3H,1-2H3,(H2,9,11). The summed E-state index contributed by atoms with van der Waals surface area (Å²) >= 11 is 0. The lowest BCUT2D eigenvalue weighted by Crippen LogP contribution is -2.11. The summed E-state index contributed by atoms with van der Waals surface area (Å²) in [6.45, 7) is 2.61. The van der Waals surface area contributed by atoms with Crippen LogP contribution in [0, 0.1) is 0 Å². The summed E-state index contributed by atoms with van der Waals surface area (Å²) in [6, 6.07) is 1.20. The Morgan fingerprint density at radius 2 is 2.33 bits per heavy atom. The molecule has 1 aromatic rings. The van der Waals surface area contributed by atoms with Crippen LogP contribution in [0.4, 0.5) is 4.39 Å². The Balaban J connectivity index is 3.00. The molecule has 0 saturated carbocycles. The van der Waals surface area contributed by atoms with Gasteiger partial charge in [0, 0.05) is 6.07 Å². The first-order chi connectivity index (χ1) is 5.41. The van der Waals surface area contributed by atoms with Crippen molar-refractivity contribution in [3.8, 4) is 0 Å². The number of alkyl halides is 1. The van der Waals surface area contributed by atoms with Gasteiger partial charge in [0.25, 0.3) is 5.91 Å². The van der Waals surface area contributed by atoms with Gasteiger partial charge in [-0.05, 0) is 13.8 Å². The van der Waals surface area contributed by atoms with Crippen LogP contribution in [0.15, 0.2) is 10.6 Å². The molecule has 1 aromatic heterocycles. The summed E-state index contributed by atoms with van der Waals surface area (Å²) in [5.41, 5.74) is 3.19. The molecule has 0 bridgehead atoms. The maximum Gasteiger partial charge on any atom is 0.270 e.